The lowest BCUT2D eigenvalue weighted by Crippen LogP contribution is -2.47. The van der Waals surface area contributed by atoms with E-state index in [1.165, 1.54) is 6.07 Å². The highest BCUT2D eigenvalue weighted by atomic mass is 19.1. The number of aromatic nitrogens is 4. The first-order chi connectivity index (χ1) is 19.2. The molecule has 1 atom stereocenters. The molecule has 3 aromatic heterocycles. The van der Waals surface area contributed by atoms with E-state index < -0.39 is 0 Å². The number of ether oxygens (including phenoxy) is 1. The standard InChI is InChI=1S/C29H31FN8O/c30-23-5-1-4-22(20-23)25-7-3-12-37(25)29-10-9-27-32-21-26(38(27)34-29)24-6-2-8-28(33-24)36-15-13-35(14-16-36)17-19-39-18-11-31/h1-2,4-6,8-10,20-21,25H,3,7,12-19H2/t25-/m1/s1. The van der Waals surface area contributed by atoms with Crippen LogP contribution in [0, 0.1) is 17.1 Å². The number of piperazine rings is 1. The smallest absolute Gasteiger partial charge is 0.154 e. The van der Waals surface area contributed by atoms with Crippen LogP contribution < -0.4 is 9.80 Å². The van der Waals surface area contributed by atoms with Crippen molar-refractivity contribution in [3.8, 4) is 17.5 Å². The maximum atomic E-state index is 13.9. The van der Waals surface area contributed by atoms with Crippen LogP contribution in [0.5, 0.6) is 0 Å². The second-order valence-electron chi connectivity index (χ2n) is 9.93. The van der Waals surface area contributed by atoms with Crippen LogP contribution in [0.3, 0.4) is 0 Å². The van der Waals surface area contributed by atoms with Gasteiger partial charge in [-0.05, 0) is 54.8 Å². The molecule has 0 bridgehead atoms. The van der Waals surface area contributed by atoms with E-state index >= 15 is 0 Å². The number of rotatable bonds is 8. The van der Waals surface area contributed by atoms with Crippen molar-refractivity contribution in [2.24, 2.45) is 0 Å². The van der Waals surface area contributed by atoms with E-state index in [4.69, 9.17) is 20.1 Å². The zero-order valence-corrected chi connectivity index (χ0v) is 21.8. The third-order valence-corrected chi connectivity index (χ3v) is 7.54. The number of nitriles is 1. The molecule has 0 N–H and O–H groups in total. The minimum Gasteiger partial charge on any atom is -0.365 e. The highest BCUT2D eigenvalue weighted by molar-refractivity contribution is 5.62. The Morgan fingerprint density at radius 1 is 1.00 bits per heavy atom. The fourth-order valence-corrected chi connectivity index (χ4v) is 5.55. The molecule has 0 radical (unpaired) electrons. The van der Waals surface area contributed by atoms with Gasteiger partial charge in [0.15, 0.2) is 5.65 Å². The van der Waals surface area contributed by atoms with Gasteiger partial charge in [-0.25, -0.2) is 18.9 Å². The molecule has 0 spiro atoms. The first-order valence-corrected chi connectivity index (χ1v) is 13.5. The zero-order chi connectivity index (χ0) is 26.6. The van der Waals surface area contributed by atoms with E-state index in [1.807, 2.05) is 53.2 Å². The van der Waals surface area contributed by atoms with E-state index in [9.17, 15) is 4.39 Å². The second-order valence-corrected chi connectivity index (χ2v) is 9.93. The Balaban J connectivity index is 1.20. The van der Waals surface area contributed by atoms with Gasteiger partial charge in [0, 0.05) is 39.3 Å². The van der Waals surface area contributed by atoms with Crippen LogP contribution in [0.4, 0.5) is 16.0 Å². The molecule has 2 aliphatic heterocycles. The number of nitrogens with zero attached hydrogens (tertiary/aromatic N) is 8. The summed E-state index contributed by atoms with van der Waals surface area (Å²) in [4.78, 5) is 16.5. The van der Waals surface area contributed by atoms with E-state index in [0.717, 1.165) is 86.3 Å². The lowest BCUT2D eigenvalue weighted by molar-refractivity contribution is 0.123. The maximum Gasteiger partial charge on any atom is 0.154 e. The molecular weight excluding hydrogens is 495 g/mol. The van der Waals surface area contributed by atoms with Gasteiger partial charge < -0.3 is 14.5 Å². The number of pyridine rings is 1. The summed E-state index contributed by atoms with van der Waals surface area (Å²) in [5.41, 5.74) is 3.39. The molecule has 39 heavy (non-hydrogen) atoms. The normalized spacial score (nSPS) is 18.1. The van der Waals surface area contributed by atoms with Crippen LogP contribution >= 0.6 is 0 Å². The summed E-state index contributed by atoms with van der Waals surface area (Å²) in [5, 5.41) is 13.6. The van der Waals surface area contributed by atoms with Gasteiger partial charge in [-0.2, -0.15) is 5.26 Å². The molecule has 0 amide bonds. The predicted molar refractivity (Wildman–Crippen MR) is 147 cm³/mol. The number of benzene rings is 1. The van der Waals surface area contributed by atoms with Gasteiger partial charge in [-0.15, -0.1) is 5.10 Å². The summed E-state index contributed by atoms with van der Waals surface area (Å²) in [7, 11) is 0. The molecule has 2 saturated heterocycles. The van der Waals surface area contributed by atoms with Gasteiger partial charge in [-0.1, -0.05) is 18.2 Å². The average Bonchev–Trinajstić information content (AvgIpc) is 3.63. The third kappa shape index (κ3) is 5.41. The van der Waals surface area contributed by atoms with Gasteiger partial charge in [0.1, 0.15) is 29.8 Å². The highest BCUT2D eigenvalue weighted by Gasteiger charge is 2.28. The minimum atomic E-state index is -0.211. The fourth-order valence-electron chi connectivity index (χ4n) is 5.55. The molecule has 10 heteroatoms. The van der Waals surface area contributed by atoms with E-state index in [0.29, 0.717) is 6.61 Å². The fraction of sp³-hybridized carbons (Fsp3) is 0.379. The van der Waals surface area contributed by atoms with Crippen molar-refractivity contribution in [2.75, 3.05) is 62.3 Å². The minimum absolute atomic E-state index is 0.0932. The summed E-state index contributed by atoms with van der Waals surface area (Å²) >= 11 is 0. The third-order valence-electron chi connectivity index (χ3n) is 7.54. The van der Waals surface area contributed by atoms with Crippen LogP contribution in [0.1, 0.15) is 24.4 Å². The van der Waals surface area contributed by atoms with Gasteiger partial charge in [-0.3, -0.25) is 4.90 Å². The number of anilines is 2. The SMILES string of the molecule is N#CCOCCN1CCN(c2cccc(-c3cnc4ccc(N5CCC[C@@H]5c5cccc(F)c5)nn34)n2)CC1. The van der Waals surface area contributed by atoms with Crippen LogP contribution in [-0.4, -0.2) is 77.0 Å². The Hall–Kier alpha value is -4.07. The molecule has 0 saturated carbocycles. The van der Waals surface area contributed by atoms with Crippen molar-refractivity contribution >= 4 is 17.3 Å². The average molecular weight is 527 g/mol. The van der Waals surface area contributed by atoms with Crippen molar-refractivity contribution in [1.29, 1.82) is 5.26 Å². The summed E-state index contributed by atoms with van der Waals surface area (Å²) in [6.45, 7) is 6.01. The Kier molecular flexibility index (Phi) is 7.34. The molecular formula is C29H31FN8O. The van der Waals surface area contributed by atoms with Gasteiger partial charge >= 0.3 is 0 Å². The number of fused-ring (bicyclic) bond motifs is 1. The topological polar surface area (TPSA) is 85.8 Å². The van der Waals surface area contributed by atoms with Gasteiger partial charge in [0.25, 0.3) is 0 Å². The van der Waals surface area contributed by atoms with Crippen molar-refractivity contribution in [1.82, 2.24) is 24.5 Å². The Morgan fingerprint density at radius 3 is 2.72 bits per heavy atom. The predicted octanol–water partition coefficient (Wildman–Crippen LogP) is 3.93. The summed E-state index contributed by atoms with van der Waals surface area (Å²) in [6, 6.07) is 19.0. The molecule has 0 unspecified atom stereocenters. The summed E-state index contributed by atoms with van der Waals surface area (Å²) in [6.07, 6.45) is 3.82. The Labute approximate surface area is 227 Å². The first kappa shape index (κ1) is 25.2. The van der Waals surface area contributed by atoms with E-state index in [1.54, 1.807) is 12.1 Å². The lowest BCUT2D eigenvalue weighted by atomic mass is 10.0. The maximum absolute atomic E-state index is 13.9. The number of halogens is 1. The number of hydrogen-bond acceptors (Lipinski definition) is 8. The molecule has 0 aliphatic carbocycles. The van der Waals surface area contributed by atoms with Crippen LogP contribution in [-0.2, 0) is 4.74 Å². The quantitative estimate of drug-likeness (QED) is 0.319. The van der Waals surface area contributed by atoms with Gasteiger partial charge in [0.2, 0.25) is 0 Å². The molecule has 2 aliphatic rings. The Morgan fingerprint density at radius 2 is 1.87 bits per heavy atom. The second kappa shape index (κ2) is 11.4. The van der Waals surface area contributed by atoms with Gasteiger partial charge in [0.05, 0.1) is 30.6 Å². The van der Waals surface area contributed by atoms with Crippen molar-refractivity contribution in [3.05, 3.63) is 72.2 Å². The zero-order valence-electron chi connectivity index (χ0n) is 21.8. The van der Waals surface area contributed by atoms with E-state index in [-0.39, 0.29) is 18.5 Å². The van der Waals surface area contributed by atoms with Crippen molar-refractivity contribution < 1.29 is 9.13 Å². The highest BCUT2D eigenvalue weighted by Crippen LogP contribution is 2.35. The van der Waals surface area contributed by atoms with Crippen molar-refractivity contribution in [3.63, 3.8) is 0 Å². The van der Waals surface area contributed by atoms with Crippen LogP contribution in [0.2, 0.25) is 0 Å². The molecule has 4 aromatic rings. The molecule has 5 heterocycles. The first-order valence-electron chi connectivity index (χ1n) is 13.5. The molecule has 6 rings (SSSR count). The largest absolute Gasteiger partial charge is 0.365 e. The van der Waals surface area contributed by atoms with Crippen molar-refractivity contribution in [2.45, 2.75) is 18.9 Å². The summed E-state index contributed by atoms with van der Waals surface area (Å²) < 4.78 is 21.1. The van der Waals surface area contributed by atoms with Crippen LogP contribution in [0.25, 0.3) is 17.0 Å². The Bertz CT molecular complexity index is 1480. The number of imidazole rings is 1. The molecule has 1 aromatic carbocycles. The monoisotopic (exact) mass is 526 g/mol. The lowest BCUT2D eigenvalue weighted by Gasteiger charge is -2.35. The number of hydrogen-bond donors (Lipinski definition) is 0. The molecule has 200 valence electrons. The van der Waals surface area contributed by atoms with E-state index in [2.05, 4.69) is 19.7 Å². The van der Waals surface area contributed by atoms with Crippen LogP contribution in [0.15, 0.2) is 60.8 Å². The summed E-state index contributed by atoms with van der Waals surface area (Å²) in [5.74, 6) is 1.57. The molecule has 9 nitrogen and oxygen atoms in total. The molecule has 2 fully saturated rings.